The first kappa shape index (κ1) is 31.5. The fraction of sp³-hybridized carbons (Fsp3) is 0.571. The highest BCUT2D eigenvalue weighted by Crippen LogP contribution is 2.29. The van der Waals surface area contributed by atoms with E-state index in [-0.39, 0.29) is 36.5 Å². The zero-order valence-electron chi connectivity index (χ0n) is 21.4. The van der Waals surface area contributed by atoms with Gasteiger partial charge in [0.1, 0.15) is 18.5 Å². The Morgan fingerprint density at radius 2 is 1.63 bits per heavy atom. The summed E-state index contributed by atoms with van der Waals surface area (Å²) in [5, 5.41) is 3.33. The molecule has 0 fully saturated rings. The SMILES string of the molecule is CCCCCCCCCCCCOc1ccc(OCC(=O)NCCc2cccc[n+]2C)c(Cl)c1.[I-]. The van der Waals surface area contributed by atoms with Gasteiger partial charge in [-0.3, -0.25) is 4.79 Å². The Morgan fingerprint density at radius 1 is 0.943 bits per heavy atom. The Morgan fingerprint density at radius 3 is 2.29 bits per heavy atom. The molecule has 1 amide bonds. The van der Waals surface area contributed by atoms with Gasteiger partial charge in [-0.05, 0) is 18.6 Å². The van der Waals surface area contributed by atoms with Gasteiger partial charge in [0, 0.05) is 31.2 Å². The van der Waals surface area contributed by atoms with Gasteiger partial charge in [-0.1, -0.05) is 82.4 Å². The van der Waals surface area contributed by atoms with Crippen LogP contribution in [0.4, 0.5) is 0 Å². The van der Waals surface area contributed by atoms with E-state index in [1.165, 1.54) is 57.8 Å². The highest BCUT2D eigenvalue weighted by Gasteiger charge is 2.09. The third-order valence-electron chi connectivity index (χ3n) is 5.89. The van der Waals surface area contributed by atoms with E-state index in [1.54, 1.807) is 12.1 Å². The molecule has 1 heterocycles. The van der Waals surface area contributed by atoms with Gasteiger partial charge in [0.2, 0.25) is 0 Å². The summed E-state index contributed by atoms with van der Waals surface area (Å²) in [4.78, 5) is 12.1. The number of ether oxygens (including phenoxy) is 2. The lowest BCUT2D eigenvalue weighted by Gasteiger charge is -2.11. The molecular weight excluding hydrogens is 575 g/mol. The second-order valence-electron chi connectivity index (χ2n) is 8.81. The second kappa shape index (κ2) is 19.6. The van der Waals surface area contributed by atoms with Crippen molar-refractivity contribution in [2.45, 2.75) is 77.6 Å². The standard InChI is InChI=1S/C28H41ClN2O3.HI/c1-3-4-5-6-7-8-9-10-11-14-21-33-25-16-17-27(26(29)22-25)34-23-28(32)30-19-18-24-15-12-13-20-31(24)2;/h12-13,15-17,20,22H,3-11,14,18-19,21,23H2,1-2H3;1H. The summed E-state index contributed by atoms with van der Waals surface area (Å²) < 4.78 is 13.5. The molecule has 0 bridgehead atoms. The first-order chi connectivity index (χ1) is 16.6. The van der Waals surface area contributed by atoms with Crippen LogP contribution in [0.2, 0.25) is 5.02 Å². The highest BCUT2D eigenvalue weighted by molar-refractivity contribution is 6.32. The van der Waals surface area contributed by atoms with Gasteiger partial charge in [-0.15, -0.1) is 0 Å². The third-order valence-corrected chi connectivity index (χ3v) is 6.19. The second-order valence-corrected chi connectivity index (χ2v) is 9.22. The largest absolute Gasteiger partial charge is 1.00 e. The van der Waals surface area contributed by atoms with E-state index < -0.39 is 0 Å². The van der Waals surface area contributed by atoms with E-state index in [0.717, 1.165) is 24.3 Å². The van der Waals surface area contributed by atoms with E-state index in [9.17, 15) is 4.79 Å². The molecule has 7 heteroatoms. The number of pyridine rings is 1. The van der Waals surface area contributed by atoms with Crippen molar-refractivity contribution < 1.29 is 42.8 Å². The highest BCUT2D eigenvalue weighted by atomic mass is 127. The number of halogens is 2. The van der Waals surface area contributed by atoms with Crippen LogP contribution < -0.4 is 43.3 Å². The Labute approximate surface area is 234 Å². The molecule has 0 unspecified atom stereocenters. The van der Waals surface area contributed by atoms with Crippen LogP contribution in [0.5, 0.6) is 11.5 Å². The maximum atomic E-state index is 12.1. The molecule has 2 rings (SSSR count). The van der Waals surface area contributed by atoms with E-state index in [0.29, 0.717) is 23.9 Å². The molecule has 5 nitrogen and oxygen atoms in total. The monoisotopic (exact) mass is 616 g/mol. The molecule has 196 valence electrons. The number of amides is 1. The topological polar surface area (TPSA) is 51.4 Å². The Kier molecular flexibility index (Phi) is 17.7. The molecule has 1 N–H and O–H groups in total. The zero-order valence-corrected chi connectivity index (χ0v) is 24.3. The first-order valence-electron chi connectivity index (χ1n) is 12.9. The summed E-state index contributed by atoms with van der Waals surface area (Å²) in [6, 6.07) is 11.4. The van der Waals surface area contributed by atoms with E-state index in [1.807, 2.05) is 42.1 Å². The number of aromatic nitrogens is 1. The summed E-state index contributed by atoms with van der Waals surface area (Å²) in [6.07, 6.45) is 15.8. The minimum absolute atomic E-state index is 0. The molecule has 35 heavy (non-hydrogen) atoms. The summed E-state index contributed by atoms with van der Waals surface area (Å²) in [5.41, 5.74) is 1.15. The minimum atomic E-state index is -0.170. The van der Waals surface area contributed by atoms with Crippen LogP contribution in [0.3, 0.4) is 0 Å². The van der Waals surface area contributed by atoms with Gasteiger partial charge < -0.3 is 38.8 Å². The Hall–Kier alpha value is -1.54. The number of nitrogens with zero attached hydrogens (tertiary/aromatic N) is 1. The van der Waals surface area contributed by atoms with Crippen molar-refractivity contribution in [2.24, 2.45) is 7.05 Å². The number of carbonyl (C=O) groups is 1. The van der Waals surface area contributed by atoms with Crippen molar-refractivity contribution in [1.82, 2.24) is 5.32 Å². The van der Waals surface area contributed by atoms with Crippen molar-refractivity contribution in [3.8, 4) is 11.5 Å². The molecule has 0 radical (unpaired) electrons. The molecule has 0 atom stereocenters. The average Bonchev–Trinajstić information content (AvgIpc) is 2.83. The zero-order chi connectivity index (χ0) is 24.4. The summed E-state index contributed by atoms with van der Waals surface area (Å²) >= 11 is 6.32. The molecule has 0 spiro atoms. The number of nitrogens with one attached hydrogen (secondary N) is 1. The van der Waals surface area contributed by atoms with Gasteiger partial charge in [0.15, 0.2) is 18.5 Å². The number of benzene rings is 1. The fourth-order valence-electron chi connectivity index (χ4n) is 3.81. The number of rotatable bonds is 18. The van der Waals surface area contributed by atoms with Crippen LogP contribution in [0, 0.1) is 0 Å². The average molecular weight is 617 g/mol. The maximum Gasteiger partial charge on any atom is 0.257 e. The fourth-order valence-corrected chi connectivity index (χ4v) is 4.04. The predicted octanol–water partition coefficient (Wildman–Crippen LogP) is 3.21. The molecule has 0 aliphatic rings. The predicted molar refractivity (Wildman–Crippen MR) is 139 cm³/mol. The number of carbonyl (C=O) groups excluding carboxylic acids is 1. The minimum Gasteiger partial charge on any atom is -1.00 e. The van der Waals surface area contributed by atoms with Crippen LogP contribution in [0.1, 0.15) is 76.8 Å². The Balaban J connectivity index is 0.00000612. The van der Waals surface area contributed by atoms with Crippen molar-refractivity contribution in [3.63, 3.8) is 0 Å². The molecule has 1 aromatic carbocycles. The third kappa shape index (κ3) is 14.0. The molecule has 2 aromatic rings. The lowest BCUT2D eigenvalue weighted by Crippen LogP contribution is -3.00. The molecule has 0 saturated carbocycles. The molecule has 0 aliphatic heterocycles. The smallest absolute Gasteiger partial charge is 0.257 e. The van der Waals surface area contributed by atoms with Crippen LogP contribution in [-0.4, -0.2) is 25.7 Å². The number of hydrogen-bond donors (Lipinski definition) is 1. The summed E-state index contributed by atoms with van der Waals surface area (Å²) in [6.45, 7) is 3.43. The molecular formula is C28H42ClIN2O3. The normalized spacial score (nSPS) is 10.5. The lowest BCUT2D eigenvalue weighted by atomic mass is 10.1. The van der Waals surface area contributed by atoms with Gasteiger partial charge >= 0.3 is 0 Å². The van der Waals surface area contributed by atoms with E-state index >= 15 is 0 Å². The Bertz CT molecular complexity index is 851. The number of aryl methyl sites for hydroxylation is 1. The first-order valence-corrected chi connectivity index (χ1v) is 13.2. The van der Waals surface area contributed by atoms with Gasteiger partial charge in [0.05, 0.1) is 11.6 Å². The van der Waals surface area contributed by atoms with E-state index in [4.69, 9.17) is 21.1 Å². The molecule has 0 aliphatic carbocycles. The van der Waals surface area contributed by atoms with Gasteiger partial charge in [-0.25, -0.2) is 4.57 Å². The number of hydrogen-bond acceptors (Lipinski definition) is 3. The van der Waals surface area contributed by atoms with Crippen molar-refractivity contribution in [2.75, 3.05) is 19.8 Å². The number of unbranched alkanes of at least 4 members (excludes halogenated alkanes) is 9. The van der Waals surface area contributed by atoms with Crippen LogP contribution >= 0.6 is 11.6 Å². The van der Waals surface area contributed by atoms with Crippen molar-refractivity contribution in [3.05, 3.63) is 53.3 Å². The van der Waals surface area contributed by atoms with Crippen LogP contribution in [0.15, 0.2) is 42.6 Å². The summed E-state index contributed by atoms with van der Waals surface area (Å²) in [7, 11) is 1.99. The van der Waals surface area contributed by atoms with Gasteiger partial charge in [0.25, 0.3) is 5.91 Å². The molecule has 0 saturated heterocycles. The lowest BCUT2D eigenvalue weighted by molar-refractivity contribution is -0.679. The van der Waals surface area contributed by atoms with Gasteiger partial charge in [-0.2, -0.15) is 0 Å². The van der Waals surface area contributed by atoms with Crippen molar-refractivity contribution >= 4 is 17.5 Å². The quantitative estimate of drug-likeness (QED) is 0.159. The summed E-state index contributed by atoms with van der Waals surface area (Å²) in [5.74, 6) is 1.04. The van der Waals surface area contributed by atoms with E-state index in [2.05, 4.69) is 12.2 Å². The van der Waals surface area contributed by atoms with Crippen molar-refractivity contribution in [1.29, 1.82) is 0 Å². The maximum absolute atomic E-state index is 12.1. The van der Waals surface area contributed by atoms with Crippen LogP contribution in [0.25, 0.3) is 0 Å². The van der Waals surface area contributed by atoms with Crippen LogP contribution in [-0.2, 0) is 18.3 Å². The molecule has 1 aromatic heterocycles.